The van der Waals surface area contributed by atoms with Crippen molar-refractivity contribution in [3.8, 4) is 0 Å². The largest absolute Gasteiger partial charge is 0.327 e. The summed E-state index contributed by atoms with van der Waals surface area (Å²) in [6.07, 6.45) is 6.17. The van der Waals surface area contributed by atoms with Crippen molar-refractivity contribution < 1.29 is 0 Å². The molecule has 0 amide bonds. The molecule has 1 unspecified atom stereocenters. The van der Waals surface area contributed by atoms with Crippen LogP contribution in [0.2, 0.25) is 0 Å². The maximum atomic E-state index is 5.96. The maximum Gasteiger partial charge on any atom is 0.0182 e. The van der Waals surface area contributed by atoms with Crippen molar-refractivity contribution in [2.75, 3.05) is 0 Å². The average molecular weight is 215 g/mol. The minimum atomic E-state index is -0.151. The van der Waals surface area contributed by atoms with Crippen molar-refractivity contribution in [3.05, 3.63) is 54.1 Å². The number of hydrogen-bond donors (Lipinski definition) is 1. The molecule has 0 fully saturated rings. The van der Waals surface area contributed by atoms with E-state index >= 15 is 0 Å². The van der Waals surface area contributed by atoms with Crippen LogP contribution in [0, 0.1) is 12.3 Å². The molecule has 0 aliphatic rings. The Morgan fingerprint density at radius 2 is 2.00 bits per heavy atom. The molecule has 0 bridgehead atoms. The summed E-state index contributed by atoms with van der Waals surface area (Å²) < 4.78 is 0. The SMILES string of the molecule is C=CC(C)(/C=C\c1ccccc1C)[C@@H](C)N. The first-order chi connectivity index (χ1) is 7.49. The summed E-state index contributed by atoms with van der Waals surface area (Å²) in [5.41, 5.74) is 8.32. The van der Waals surface area contributed by atoms with Gasteiger partial charge in [0.05, 0.1) is 0 Å². The van der Waals surface area contributed by atoms with Crippen LogP contribution in [0.5, 0.6) is 0 Å². The molecule has 0 radical (unpaired) electrons. The Kier molecular flexibility index (Phi) is 4.08. The molecule has 0 saturated heterocycles. The van der Waals surface area contributed by atoms with E-state index in [0.29, 0.717) is 0 Å². The van der Waals surface area contributed by atoms with Gasteiger partial charge in [0.2, 0.25) is 0 Å². The number of rotatable bonds is 4. The zero-order valence-corrected chi connectivity index (χ0v) is 10.4. The lowest BCUT2D eigenvalue weighted by molar-refractivity contribution is 0.452. The summed E-state index contributed by atoms with van der Waals surface area (Å²) in [5.74, 6) is 0. The Morgan fingerprint density at radius 1 is 1.38 bits per heavy atom. The molecule has 0 saturated carbocycles. The van der Waals surface area contributed by atoms with Gasteiger partial charge in [0.15, 0.2) is 0 Å². The van der Waals surface area contributed by atoms with E-state index in [2.05, 4.69) is 44.7 Å². The van der Waals surface area contributed by atoms with E-state index < -0.39 is 0 Å². The first-order valence-electron chi connectivity index (χ1n) is 5.63. The molecule has 2 N–H and O–H groups in total. The molecule has 86 valence electrons. The van der Waals surface area contributed by atoms with Crippen LogP contribution in [-0.4, -0.2) is 6.04 Å². The molecule has 0 heterocycles. The highest BCUT2D eigenvalue weighted by molar-refractivity contribution is 5.54. The van der Waals surface area contributed by atoms with E-state index in [1.807, 2.05) is 25.1 Å². The molecule has 1 aromatic rings. The number of aryl methyl sites for hydroxylation is 1. The second-order valence-corrected chi connectivity index (χ2v) is 4.55. The van der Waals surface area contributed by atoms with Gasteiger partial charge in [-0.15, -0.1) is 6.58 Å². The third-order valence-electron chi connectivity index (χ3n) is 3.23. The molecule has 0 spiro atoms. The van der Waals surface area contributed by atoms with Gasteiger partial charge in [-0.2, -0.15) is 0 Å². The first-order valence-corrected chi connectivity index (χ1v) is 5.63. The zero-order valence-electron chi connectivity index (χ0n) is 10.4. The van der Waals surface area contributed by atoms with Crippen molar-refractivity contribution in [2.45, 2.75) is 26.8 Å². The van der Waals surface area contributed by atoms with E-state index in [9.17, 15) is 0 Å². The predicted octanol–water partition coefficient (Wildman–Crippen LogP) is 3.55. The first kappa shape index (κ1) is 12.7. The topological polar surface area (TPSA) is 26.0 Å². The number of benzene rings is 1. The minimum absolute atomic E-state index is 0.0604. The van der Waals surface area contributed by atoms with E-state index in [1.54, 1.807) is 0 Å². The second kappa shape index (κ2) is 5.13. The fourth-order valence-electron chi connectivity index (χ4n) is 1.45. The van der Waals surface area contributed by atoms with Crippen LogP contribution >= 0.6 is 0 Å². The van der Waals surface area contributed by atoms with Gasteiger partial charge in [0.1, 0.15) is 0 Å². The van der Waals surface area contributed by atoms with Crippen molar-refractivity contribution in [1.29, 1.82) is 0 Å². The van der Waals surface area contributed by atoms with Crippen LogP contribution in [0.3, 0.4) is 0 Å². The molecular formula is C15H21N. The minimum Gasteiger partial charge on any atom is -0.327 e. The molecule has 0 aromatic heterocycles. The molecule has 1 aromatic carbocycles. The summed E-state index contributed by atoms with van der Waals surface area (Å²) in [7, 11) is 0. The standard InChI is InChI=1S/C15H21N/c1-5-15(4,13(3)16)11-10-14-9-7-6-8-12(14)2/h5-11,13H,1,16H2,2-4H3/b11-10-/t13-,15?/m1/s1. The predicted molar refractivity (Wildman–Crippen MR) is 72.2 cm³/mol. The molecule has 1 nitrogen and oxygen atoms in total. The Bertz CT molecular complexity index is 390. The number of hydrogen-bond acceptors (Lipinski definition) is 1. The zero-order chi connectivity index (χ0) is 12.2. The molecule has 1 heteroatoms. The van der Waals surface area contributed by atoms with Gasteiger partial charge < -0.3 is 5.73 Å². The van der Waals surface area contributed by atoms with Crippen molar-refractivity contribution >= 4 is 6.08 Å². The van der Waals surface area contributed by atoms with Crippen molar-refractivity contribution in [1.82, 2.24) is 0 Å². The molecule has 16 heavy (non-hydrogen) atoms. The molecule has 2 atom stereocenters. The highest BCUT2D eigenvalue weighted by Crippen LogP contribution is 2.25. The molecule has 1 rings (SSSR count). The van der Waals surface area contributed by atoms with Crippen LogP contribution < -0.4 is 5.73 Å². The van der Waals surface area contributed by atoms with Crippen molar-refractivity contribution in [2.24, 2.45) is 11.1 Å². The summed E-state index contributed by atoms with van der Waals surface area (Å²) in [6.45, 7) is 10.1. The summed E-state index contributed by atoms with van der Waals surface area (Å²) >= 11 is 0. The Labute approximate surface area is 98.7 Å². The van der Waals surface area contributed by atoms with Crippen LogP contribution in [0.4, 0.5) is 0 Å². The Hall–Kier alpha value is -1.34. The number of nitrogens with two attached hydrogens (primary N) is 1. The fraction of sp³-hybridized carbons (Fsp3) is 0.333. The van der Waals surface area contributed by atoms with Crippen LogP contribution in [0.1, 0.15) is 25.0 Å². The summed E-state index contributed by atoms with van der Waals surface area (Å²) in [6, 6.07) is 8.37. The van der Waals surface area contributed by atoms with Gasteiger partial charge in [0, 0.05) is 11.5 Å². The lowest BCUT2D eigenvalue weighted by Crippen LogP contribution is -2.33. The van der Waals surface area contributed by atoms with Crippen LogP contribution in [0.25, 0.3) is 6.08 Å². The average Bonchev–Trinajstić information content (AvgIpc) is 2.27. The maximum absolute atomic E-state index is 5.96. The summed E-state index contributed by atoms with van der Waals surface area (Å²) in [4.78, 5) is 0. The van der Waals surface area contributed by atoms with E-state index in [0.717, 1.165) is 0 Å². The molecular weight excluding hydrogens is 194 g/mol. The van der Waals surface area contributed by atoms with Crippen molar-refractivity contribution in [3.63, 3.8) is 0 Å². The molecule has 0 aliphatic heterocycles. The van der Waals surface area contributed by atoms with E-state index in [-0.39, 0.29) is 11.5 Å². The normalized spacial score (nSPS) is 17.0. The highest BCUT2D eigenvalue weighted by atomic mass is 14.7. The smallest absolute Gasteiger partial charge is 0.0182 e. The lowest BCUT2D eigenvalue weighted by atomic mass is 9.83. The van der Waals surface area contributed by atoms with Crippen LogP contribution in [0.15, 0.2) is 43.0 Å². The van der Waals surface area contributed by atoms with Gasteiger partial charge in [0.25, 0.3) is 0 Å². The second-order valence-electron chi connectivity index (χ2n) is 4.55. The van der Waals surface area contributed by atoms with Gasteiger partial charge in [-0.25, -0.2) is 0 Å². The Balaban J connectivity index is 2.96. The highest BCUT2D eigenvalue weighted by Gasteiger charge is 2.21. The van der Waals surface area contributed by atoms with Crippen LogP contribution in [-0.2, 0) is 0 Å². The molecule has 0 aliphatic carbocycles. The lowest BCUT2D eigenvalue weighted by Gasteiger charge is -2.26. The van der Waals surface area contributed by atoms with E-state index in [1.165, 1.54) is 11.1 Å². The third kappa shape index (κ3) is 2.83. The van der Waals surface area contributed by atoms with Gasteiger partial charge in [-0.1, -0.05) is 49.4 Å². The third-order valence-corrected chi connectivity index (χ3v) is 3.23. The quantitative estimate of drug-likeness (QED) is 0.764. The van der Waals surface area contributed by atoms with Gasteiger partial charge >= 0.3 is 0 Å². The van der Waals surface area contributed by atoms with E-state index in [4.69, 9.17) is 5.73 Å². The summed E-state index contributed by atoms with van der Waals surface area (Å²) in [5, 5.41) is 0. The van der Waals surface area contributed by atoms with Gasteiger partial charge in [-0.05, 0) is 25.0 Å². The fourth-order valence-corrected chi connectivity index (χ4v) is 1.45. The van der Waals surface area contributed by atoms with Gasteiger partial charge in [-0.3, -0.25) is 0 Å². The Morgan fingerprint density at radius 3 is 2.50 bits per heavy atom. The monoisotopic (exact) mass is 215 g/mol.